The van der Waals surface area contributed by atoms with Gasteiger partial charge in [-0.15, -0.1) is 0 Å². The first-order chi connectivity index (χ1) is 45.2. The summed E-state index contributed by atoms with van der Waals surface area (Å²) >= 11 is 0. The first-order valence-corrected chi connectivity index (χ1v) is 39.9. The number of aliphatic hydroxyl groups is 2. The number of ether oxygens (including phenoxy) is 3. The quantitative estimate of drug-likeness (QED) is 0.0146. The van der Waals surface area contributed by atoms with Gasteiger partial charge in [-0.1, -0.05) is 266 Å². The molecule has 0 aliphatic rings. The third kappa shape index (κ3) is 69.9. The maximum absolute atomic E-state index is 12.9. The molecule has 0 aromatic heterocycles. The molecular formula is C75H134O16P2. The average molecular weight is 1350 g/mol. The van der Waals surface area contributed by atoms with Crippen LogP contribution < -0.4 is 0 Å². The van der Waals surface area contributed by atoms with Gasteiger partial charge in [-0.2, -0.15) is 0 Å². The summed E-state index contributed by atoms with van der Waals surface area (Å²) in [6, 6.07) is 0. The molecule has 4 N–H and O–H groups in total. The van der Waals surface area contributed by atoms with Gasteiger partial charge in [-0.25, -0.2) is 9.13 Å². The maximum Gasteiger partial charge on any atom is 0.472 e. The summed E-state index contributed by atoms with van der Waals surface area (Å²) in [5.41, 5.74) is 0. The van der Waals surface area contributed by atoms with Crippen molar-refractivity contribution >= 4 is 33.6 Å². The van der Waals surface area contributed by atoms with E-state index in [1.807, 2.05) is 0 Å². The van der Waals surface area contributed by atoms with Crippen LogP contribution in [0.4, 0.5) is 0 Å². The minimum absolute atomic E-state index is 0.0955. The summed E-state index contributed by atoms with van der Waals surface area (Å²) in [7, 11) is -9.78. The summed E-state index contributed by atoms with van der Waals surface area (Å²) in [5, 5.41) is 20.6. The van der Waals surface area contributed by atoms with E-state index in [1.54, 1.807) is 0 Å². The van der Waals surface area contributed by atoms with E-state index in [4.69, 9.17) is 32.3 Å². The Balaban J connectivity index is 4.51. The smallest absolute Gasteiger partial charge is 0.463 e. The molecule has 0 amide bonds. The lowest BCUT2D eigenvalue weighted by Gasteiger charge is -2.21. The molecule has 5 atom stereocenters. The molecule has 0 saturated carbocycles. The van der Waals surface area contributed by atoms with Gasteiger partial charge in [0.2, 0.25) is 0 Å². The van der Waals surface area contributed by atoms with Gasteiger partial charge in [-0.3, -0.25) is 32.5 Å². The van der Waals surface area contributed by atoms with Crippen molar-refractivity contribution < 1.29 is 75.8 Å². The second kappa shape index (κ2) is 68.7. The van der Waals surface area contributed by atoms with Gasteiger partial charge in [0, 0.05) is 19.3 Å². The molecule has 0 fully saturated rings. The van der Waals surface area contributed by atoms with Gasteiger partial charge in [0.25, 0.3) is 0 Å². The number of carbonyl (C=O) groups is 3. The van der Waals surface area contributed by atoms with Crippen LogP contribution in [0.3, 0.4) is 0 Å². The maximum atomic E-state index is 12.9. The first-order valence-electron chi connectivity index (χ1n) is 36.9. The molecule has 0 aliphatic carbocycles. The molecule has 0 saturated heterocycles. The van der Waals surface area contributed by atoms with Gasteiger partial charge in [0.15, 0.2) is 6.10 Å². The lowest BCUT2D eigenvalue weighted by atomic mass is 10.0. The molecule has 0 rings (SSSR count). The fourth-order valence-electron chi connectivity index (χ4n) is 9.94. The van der Waals surface area contributed by atoms with Crippen LogP contribution >= 0.6 is 15.6 Å². The molecular weight excluding hydrogens is 1220 g/mol. The number of phosphoric ester groups is 2. The SMILES string of the molecule is CC/C=C\C/C=C\C/C=C\C/C=C\C/C=C\CCCCCCCCCCCCCC(=O)OCC(O)COP(=O)(O)OCC(O)COP(=O)(O)OCC(COC(=O)CCCCCCC/C=C\CCCCCCCC)OC(=O)CCCCCCC/C=C\CCCCCCCC. The molecule has 0 heterocycles. The van der Waals surface area contributed by atoms with Crippen molar-refractivity contribution in [1.29, 1.82) is 0 Å². The van der Waals surface area contributed by atoms with Crippen molar-refractivity contribution in [3.05, 3.63) is 85.1 Å². The molecule has 0 aromatic carbocycles. The highest BCUT2D eigenvalue weighted by Crippen LogP contribution is 2.45. The zero-order valence-corrected chi connectivity index (χ0v) is 60.5. The van der Waals surface area contributed by atoms with E-state index in [9.17, 15) is 43.5 Å². The van der Waals surface area contributed by atoms with E-state index in [-0.39, 0.29) is 19.3 Å². The Morgan fingerprint density at radius 3 is 0.914 bits per heavy atom. The minimum atomic E-state index is -4.92. The van der Waals surface area contributed by atoms with Gasteiger partial charge in [0.05, 0.1) is 26.4 Å². The zero-order valence-electron chi connectivity index (χ0n) is 58.7. The van der Waals surface area contributed by atoms with Crippen molar-refractivity contribution in [3.8, 4) is 0 Å². The van der Waals surface area contributed by atoms with Crippen LogP contribution in [0.2, 0.25) is 0 Å². The largest absolute Gasteiger partial charge is 0.472 e. The average Bonchev–Trinajstić information content (AvgIpc) is 3.71. The molecule has 0 bridgehead atoms. The molecule has 5 unspecified atom stereocenters. The molecule has 0 spiro atoms. The Bertz CT molecular complexity index is 2040. The Hall–Kier alpha value is -3.27. The van der Waals surface area contributed by atoms with Gasteiger partial charge in [0.1, 0.15) is 25.4 Å². The second-order valence-electron chi connectivity index (χ2n) is 24.7. The minimum Gasteiger partial charge on any atom is -0.463 e. The van der Waals surface area contributed by atoms with E-state index < -0.39 is 91.5 Å². The van der Waals surface area contributed by atoms with Crippen LogP contribution in [0.25, 0.3) is 0 Å². The normalized spacial score (nSPS) is 14.6. The summed E-state index contributed by atoms with van der Waals surface area (Å²) in [5.74, 6) is -1.59. The summed E-state index contributed by atoms with van der Waals surface area (Å²) < 4.78 is 61.0. The van der Waals surface area contributed by atoms with Crippen molar-refractivity contribution in [3.63, 3.8) is 0 Å². The third-order valence-corrected chi connectivity index (χ3v) is 17.5. The number of rotatable bonds is 70. The van der Waals surface area contributed by atoms with Gasteiger partial charge in [-0.05, 0) is 116 Å². The molecule has 540 valence electrons. The molecule has 0 aromatic rings. The van der Waals surface area contributed by atoms with E-state index in [0.29, 0.717) is 19.3 Å². The number of hydrogen-bond acceptors (Lipinski definition) is 14. The molecule has 93 heavy (non-hydrogen) atoms. The van der Waals surface area contributed by atoms with Crippen LogP contribution in [0, 0.1) is 0 Å². The Labute approximate surface area is 565 Å². The standard InChI is InChI=1S/C75H134O16P2/c1-4-7-10-13-16-19-22-25-28-29-30-31-32-33-34-35-36-37-38-39-42-44-46-49-52-55-58-61-73(78)85-64-70(76)65-87-92(81,82)88-66-71(77)67-89-93(83,84)90-69-72(91-75(80)63-60-57-54-51-48-45-41-27-24-21-18-15-12-9-6-3)68-86-74(79)62-59-56-53-50-47-43-40-26-23-20-17-14-11-8-5-2/h7,10,16,19,25-28,30-31,33-34,40-41,70-72,76-77H,4-6,8-9,11-15,17-18,20-24,29,32,35-39,42-69H2,1-3H3,(H,81,82)(H,83,84)/b10-7-,19-16-,28-25-,31-30-,34-33-,40-26-,41-27-. The monoisotopic (exact) mass is 1350 g/mol. The van der Waals surface area contributed by atoms with Crippen LogP contribution in [0.5, 0.6) is 0 Å². The zero-order chi connectivity index (χ0) is 68.1. The molecule has 18 heteroatoms. The van der Waals surface area contributed by atoms with E-state index in [0.717, 1.165) is 135 Å². The molecule has 0 aliphatic heterocycles. The molecule has 16 nitrogen and oxygen atoms in total. The van der Waals surface area contributed by atoms with Gasteiger partial charge >= 0.3 is 33.6 Å². The van der Waals surface area contributed by atoms with Crippen molar-refractivity contribution in [1.82, 2.24) is 0 Å². The fraction of sp³-hybridized carbons (Fsp3) is 0.773. The van der Waals surface area contributed by atoms with E-state index in [2.05, 4.69) is 106 Å². The van der Waals surface area contributed by atoms with Crippen molar-refractivity contribution in [2.45, 2.75) is 334 Å². The van der Waals surface area contributed by atoms with Crippen LogP contribution in [-0.2, 0) is 55.8 Å². The lowest BCUT2D eigenvalue weighted by molar-refractivity contribution is -0.161. The Morgan fingerprint density at radius 2 is 0.570 bits per heavy atom. The number of esters is 3. The first kappa shape index (κ1) is 89.7. The van der Waals surface area contributed by atoms with Gasteiger partial charge < -0.3 is 34.2 Å². The number of hydrogen-bond donors (Lipinski definition) is 4. The molecule has 0 radical (unpaired) electrons. The summed E-state index contributed by atoms with van der Waals surface area (Å²) in [6.45, 7) is 2.56. The number of phosphoric acid groups is 2. The van der Waals surface area contributed by atoms with E-state index >= 15 is 0 Å². The van der Waals surface area contributed by atoms with Crippen molar-refractivity contribution in [2.24, 2.45) is 0 Å². The highest BCUT2D eigenvalue weighted by molar-refractivity contribution is 7.47. The van der Waals surface area contributed by atoms with Crippen LogP contribution in [0.15, 0.2) is 85.1 Å². The second-order valence-corrected chi connectivity index (χ2v) is 27.6. The summed E-state index contributed by atoms with van der Waals surface area (Å²) in [6.07, 6.45) is 74.9. The predicted octanol–water partition coefficient (Wildman–Crippen LogP) is 20.9. The Kier molecular flexibility index (Phi) is 66.2. The van der Waals surface area contributed by atoms with Crippen molar-refractivity contribution in [2.75, 3.05) is 39.6 Å². The highest BCUT2D eigenvalue weighted by Gasteiger charge is 2.29. The van der Waals surface area contributed by atoms with Crippen LogP contribution in [0.1, 0.15) is 316 Å². The topological polar surface area (TPSA) is 231 Å². The predicted molar refractivity (Wildman–Crippen MR) is 381 cm³/mol. The number of allylic oxidation sites excluding steroid dienone is 14. The third-order valence-electron chi connectivity index (χ3n) is 15.6. The number of carbonyl (C=O) groups excluding carboxylic acids is 3. The lowest BCUT2D eigenvalue weighted by Crippen LogP contribution is -2.30. The summed E-state index contributed by atoms with van der Waals surface area (Å²) in [4.78, 5) is 58.5. The van der Waals surface area contributed by atoms with Crippen LogP contribution in [-0.4, -0.2) is 95.9 Å². The number of unbranched alkanes of at least 4 members (excludes halogenated alkanes) is 33. The highest BCUT2D eigenvalue weighted by atomic mass is 31.2. The Morgan fingerprint density at radius 1 is 0.312 bits per heavy atom. The van der Waals surface area contributed by atoms with E-state index in [1.165, 1.54) is 122 Å². The number of aliphatic hydroxyl groups excluding tert-OH is 2. The fourth-order valence-corrected chi connectivity index (χ4v) is 11.5.